The number of ether oxygens (including phenoxy) is 3. The molecule has 106 valence electrons. The van der Waals surface area contributed by atoms with E-state index in [-0.39, 0.29) is 0 Å². The highest BCUT2D eigenvalue weighted by Gasteiger charge is 2.24. The van der Waals surface area contributed by atoms with Crippen molar-refractivity contribution in [2.75, 3.05) is 26.6 Å². The lowest BCUT2D eigenvalue weighted by Crippen LogP contribution is -2.36. The molecule has 0 atom stereocenters. The molecule has 0 spiro atoms. The lowest BCUT2D eigenvalue weighted by molar-refractivity contribution is -0.130. The van der Waals surface area contributed by atoms with Crippen molar-refractivity contribution in [2.24, 2.45) is 0 Å². The van der Waals surface area contributed by atoms with E-state index in [1.807, 2.05) is 0 Å². The Morgan fingerprint density at radius 2 is 1.58 bits per heavy atom. The van der Waals surface area contributed by atoms with Gasteiger partial charge in [0.1, 0.15) is 5.60 Å². The molecule has 1 aromatic carbocycles. The number of hydrogen-bond acceptors (Lipinski definition) is 5. The van der Waals surface area contributed by atoms with Crippen LogP contribution in [-0.2, 0) is 4.79 Å². The number of carbonyl (C=O) groups is 1. The van der Waals surface area contributed by atoms with Crippen LogP contribution in [0.25, 0.3) is 0 Å². The SMILES string of the molecule is COc1cc(NC(=O)C(C)(C)O)cc(OC)c1OC. The quantitative estimate of drug-likeness (QED) is 0.845. The Kier molecular flexibility index (Phi) is 4.61. The van der Waals surface area contributed by atoms with E-state index in [0.717, 1.165) is 0 Å². The van der Waals surface area contributed by atoms with Gasteiger partial charge in [-0.3, -0.25) is 4.79 Å². The summed E-state index contributed by atoms with van der Waals surface area (Å²) in [7, 11) is 4.47. The number of amides is 1. The largest absolute Gasteiger partial charge is 0.493 e. The molecule has 1 rings (SSSR count). The summed E-state index contributed by atoms with van der Waals surface area (Å²) in [6.45, 7) is 2.81. The number of benzene rings is 1. The van der Waals surface area contributed by atoms with Crippen LogP contribution in [0.1, 0.15) is 13.8 Å². The topological polar surface area (TPSA) is 77.0 Å². The lowest BCUT2D eigenvalue weighted by atomic mass is 10.1. The zero-order valence-corrected chi connectivity index (χ0v) is 11.7. The number of anilines is 1. The van der Waals surface area contributed by atoms with Gasteiger partial charge in [-0.2, -0.15) is 0 Å². The first-order valence-corrected chi connectivity index (χ1v) is 5.67. The van der Waals surface area contributed by atoms with Crippen molar-refractivity contribution in [2.45, 2.75) is 19.4 Å². The van der Waals surface area contributed by atoms with Gasteiger partial charge in [0.2, 0.25) is 5.75 Å². The van der Waals surface area contributed by atoms with Gasteiger partial charge in [0.15, 0.2) is 11.5 Å². The first-order chi connectivity index (χ1) is 8.83. The minimum atomic E-state index is -1.47. The summed E-state index contributed by atoms with van der Waals surface area (Å²) in [5.74, 6) is 0.758. The number of nitrogens with one attached hydrogen (secondary N) is 1. The Balaban J connectivity index is 3.13. The third-order valence-electron chi connectivity index (χ3n) is 2.48. The van der Waals surface area contributed by atoms with E-state index in [9.17, 15) is 9.90 Å². The van der Waals surface area contributed by atoms with Crippen LogP contribution in [0.15, 0.2) is 12.1 Å². The number of aliphatic hydroxyl groups is 1. The van der Waals surface area contributed by atoms with Gasteiger partial charge in [0.25, 0.3) is 5.91 Å². The Labute approximate surface area is 112 Å². The van der Waals surface area contributed by atoms with Crippen molar-refractivity contribution in [1.29, 1.82) is 0 Å². The molecule has 0 saturated carbocycles. The van der Waals surface area contributed by atoms with E-state index in [0.29, 0.717) is 22.9 Å². The van der Waals surface area contributed by atoms with Gasteiger partial charge >= 0.3 is 0 Å². The molecule has 19 heavy (non-hydrogen) atoms. The van der Waals surface area contributed by atoms with Crippen molar-refractivity contribution >= 4 is 11.6 Å². The van der Waals surface area contributed by atoms with Gasteiger partial charge in [-0.1, -0.05) is 0 Å². The molecule has 0 saturated heterocycles. The molecule has 6 nitrogen and oxygen atoms in total. The molecule has 0 aromatic heterocycles. The maximum Gasteiger partial charge on any atom is 0.255 e. The first-order valence-electron chi connectivity index (χ1n) is 5.67. The smallest absolute Gasteiger partial charge is 0.255 e. The van der Waals surface area contributed by atoms with E-state index < -0.39 is 11.5 Å². The Bertz CT molecular complexity index is 440. The third kappa shape index (κ3) is 3.51. The summed E-state index contributed by atoms with van der Waals surface area (Å²) >= 11 is 0. The number of hydrogen-bond donors (Lipinski definition) is 2. The fraction of sp³-hybridized carbons (Fsp3) is 0.462. The number of rotatable bonds is 5. The molecule has 6 heteroatoms. The van der Waals surface area contributed by atoms with Crippen molar-refractivity contribution in [3.05, 3.63) is 12.1 Å². The van der Waals surface area contributed by atoms with Gasteiger partial charge in [-0.05, 0) is 13.8 Å². The highest BCUT2D eigenvalue weighted by molar-refractivity contribution is 5.97. The second kappa shape index (κ2) is 5.79. The van der Waals surface area contributed by atoms with Crippen molar-refractivity contribution in [3.63, 3.8) is 0 Å². The van der Waals surface area contributed by atoms with E-state index in [4.69, 9.17) is 14.2 Å². The van der Waals surface area contributed by atoms with Crippen molar-refractivity contribution in [1.82, 2.24) is 0 Å². The van der Waals surface area contributed by atoms with Crippen LogP contribution in [0.2, 0.25) is 0 Å². The fourth-order valence-corrected chi connectivity index (χ4v) is 1.44. The molecule has 1 amide bonds. The average Bonchev–Trinajstić information content (AvgIpc) is 2.36. The summed E-state index contributed by atoms with van der Waals surface area (Å²) in [4.78, 5) is 11.7. The summed E-state index contributed by atoms with van der Waals surface area (Å²) in [6.07, 6.45) is 0. The van der Waals surface area contributed by atoms with Gasteiger partial charge < -0.3 is 24.6 Å². The highest BCUT2D eigenvalue weighted by Crippen LogP contribution is 2.40. The van der Waals surface area contributed by atoms with E-state index in [2.05, 4.69) is 5.32 Å². The standard InChI is InChI=1S/C13H19NO5/c1-13(2,16)12(15)14-8-6-9(17-3)11(19-5)10(7-8)18-4/h6-7,16H,1-5H3,(H,14,15). The molecule has 1 aromatic rings. The average molecular weight is 269 g/mol. The summed E-state index contributed by atoms with van der Waals surface area (Å²) < 4.78 is 15.5. The Morgan fingerprint density at radius 1 is 1.11 bits per heavy atom. The normalized spacial score (nSPS) is 10.8. The van der Waals surface area contributed by atoms with Crippen LogP contribution < -0.4 is 19.5 Å². The number of carbonyl (C=O) groups excluding carboxylic acids is 1. The molecule has 0 aliphatic rings. The monoisotopic (exact) mass is 269 g/mol. The molecular formula is C13H19NO5. The summed E-state index contributed by atoms with van der Waals surface area (Å²) in [5.41, 5.74) is -1.03. The van der Waals surface area contributed by atoms with Crippen molar-refractivity contribution < 1.29 is 24.1 Å². The van der Waals surface area contributed by atoms with E-state index >= 15 is 0 Å². The Morgan fingerprint density at radius 3 is 1.89 bits per heavy atom. The van der Waals surface area contributed by atoms with E-state index in [1.165, 1.54) is 35.2 Å². The minimum Gasteiger partial charge on any atom is -0.493 e. The van der Waals surface area contributed by atoms with Crippen LogP contribution in [0.3, 0.4) is 0 Å². The Hall–Kier alpha value is -1.95. The molecular weight excluding hydrogens is 250 g/mol. The second-order valence-corrected chi connectivity index (χ2v) is 4.43. The first kappa shape index (κ1) is 15.1. The zero-order chi connectivity index (χ0) is 14.6. The predicted molar refractivity (Wildman–Crippen MR) is 71.0 cm³/mol. The maximum absolute atomic E-state index is 11.7. The minimum absolute atomic E-state index is 0.424. The van der Waals surface area contributed by atoms with Crippen LogP contribution in [0, 0.1) is 0 Å². The molecule has 0 radical (unpaired) electrons. The van der Waals surface area contributed by atoms with Gasteiger partial charge in [-0.25, -0.2) is 0 Å². The zero-order valence-electron chi connectivity index (χ0n) is 11.7. The predicted octanol–water partition coefficient (Wildman–Crippen LogP) is 1.42. The number of methoxy groups -OCH3 is 3. The molecule has 0 aliphatic carbocycles. The van der Waals surface area contributed by atoms with Gasteiger partial charge in [0, 0.05) is 17.8 Å². The van der Waals surface area contributed by atoms with Crippen LogP contribution in [0.5, 0.6) is 17.2 Å². The molecule has 0 bridgehead atoms. The summed E-state index contributed by atoms with van der Waals surface area (Å²) in [5, 5.41) is 12.2. The molecule has 0 heterocycles. The van der Waals surface area contributed by atoms with E-state index in [1.54, 1.807) is 12.1 Å². The molecule has 0 unspecified atom stereocenters. The second-order valence-electron chi connectivity index (χ2n) is 4.43. The summed E-state index contributed by atoms with van der Waals surface area (Å²) in [6, 6.07) is 3.18. The third-order valence-corrected chi connectivity index (χ3v) is 2.48. The molecule has 2 N–H and O–H groups in total. The van der Waals surface area contributed by atoms with Crippen LogP contribution in [-0.4, -0.2) is 37.9 Å². The molecule has 0 fully saturated rings. The lowest BCUT2D eigenvalue weighted by Gasteiger charge is -2.18. The van der Waals surface area contributed by atoms with Crippen LogP contribution in [0.4, 0.5) is 5.69 Å². The highest BCUT2D eigenvalue weighted by atomic mass is 16.5. The van der Waals surface area contributed by atoms with Gasteiger partial charge in [-0.15, -0.1) is 0 Å². The van der Waals surface area contributed by atoms with Crippen molar-refractivity contribution in [3.8, 4) is 17.2 Å². The fourth-order valence-electron chi connectivity index (χ4n) is 1.44. The maximum atomic E-state index is 11.7. The molecule has 0 aliphatic heterocycles. The van der Waals surface area contributed by atoms with Crippen LogP contribution >= 0.6 is 0 Å². The van der Waals surface area contributed by atoms with Gasteiger partial charge in [0.05, 0.1) is 21.3 Å².